The quantitative estimate of drug-likeness (QED) is 0.887. The predicted octanol–water partition coefficient (Wildman–Crippen LogP) is 1.74. The number of fused-ring (bicyclic) bond motifs is 1. The highest BCUT2D eigenvalue weighted by molar-refractivity contribution is 9.10. The van der Waals surface area contributed by atoms with Gasteiger partial charge >= 0.3 is 5.97 Å². The van der Waals surface area contributed by atoms with Crippen molar-refractivity contribution in [2.24, 2.45) is 5.73 Å². The van der Waals surface area contributed by atoms with Gasteiger partial charge < -0.3 is 20.3 Å². The molecule has 2 rings (SSSR count). The first kappa shape index (κ1) is 13.2. The monoisotopic (exact) mass is 315 g/mol. The molecule has 0 radical (unpaired) electrons. The van der Waals surface area contributed by atoms with Crippen LogP contribution in [-0.2, 0) is 4.79 Å². The molecular weight excluding hydrogens is 302 g/mol. The van der Waals surface area contributed by atoms with Crippen LogP contribution in [0.15, 0.2) is 16.6 Å². The SMILES string of the molecule is NCC(C(=O)O)c1ccc2c(c1Br)OCCCO2. The Morgan fingerprint density at radius 3 is 2.83 bits per heavy atom. The molecule has 0 aromatic heterocycles. The molecule has 1 unspecified atom stereocenters. The molecule has 0 aliphatic carbocycles. The maximum atomic E-state index is 11.1. The van der Waals surface area contributed by atoms with E-state index in [0.717, 1.165) is 6.42 Å². The molecule has 1 aromatic carbocycles. The number of aliphatic carboxylic acids is 1. The van der Waals surface area contributed by atoms with E-state index in [4.69, 9.17) is 20.3 Å². The van der Waals surface area contributed by atoms with Gasteiger partial charge in [0.25, 0.3) is 0 Å². The van der Waals surface area contributed by atoms with Crippen LogP contribution in [0.3, 0.4) is 0 Å². The van der Waals surface area contributed by atoms with Crippen LogP contribution in [0.5, 0.6) is 11.5 Å². The molecule has 0 saturated heterocycles. The van der Waals surface area contributed by atoms with Crippen LogP contribution < -0.4 is 15.2 Å². The zero-order valence-electron chi connectivity index (χ0n) is 9.69. The smallest absolute Gasteiger partial charge is 0.312 e. The molecule has 6 heteroatoms. The molecule has 18 heavy (non-hydrogen) atoms. The van der Waals surface area contributed by atoms with Gasteiger partial charge in [0.2, 0.25) is 0 Å². The molecule has 0 spiro atoms. The van der Waals surface area contributed by atoms with Crippen molar-refractivity contribution in [2.75, 3.05) is 19.8 Å². The summed E-state index contributed by atoms with van der Waals surface area (Å²) in [4.78, 5) is 11.1. The Hall–Kier alpha value is -1.27. The van der Waals surface area contributed by atoms with Gasteiger partial charge in [0.15, 0.2) is 11.5 Å². The number of hydrogen-bond acceptors (Lipinski definition) is 4. The zero-order valence-corrected chi connectivity index (χ0v) is 11.3. The lowest BCUT2D eigenvalue weighted by molar-refractivity contribution is -0.138. The van der Waals surface area contributed by atoms with Crippen LogP contribution >= 0.6 is 15.9 Å². The molecule has 3 N–H and O–H groups in total. The Morgan fingerprint density at radius 2 is 2.17 bits per heavy atom. The molecule has 0 fully saturated rings. The van der Waals surface area contributed by atoms with Crippen molar-refractivity contribution in [2.45, 2.75) is 12.3 Å². The van der Waals surface area contributed by atoms with Gasteiger partial charge in [-0.3, -0.25) is 4.79 Å². The number of ether oxygens (including phenoxy) is 2. The van der Waals surface area contributed by atoms with E-state index in [1.165, 1.54) is 0 Å². The Labute approximate surface area is 113 Å². The fourth-order valence-electron chi connectivity index (χ4n) is 1.85. The number of rotatable bonds is 3. The molecule has 98 valence electrons. The normalized spacial score (nSPS) is 15.9. The van der Waals surface area contributed by atoms with E-state index in [1.54, 1.807) is 12.1 Å². The number of benzene rings is 1. The van der Waals surface area contributed by atoms with Gasteiger partial charge in [0.1, 0.15) is 0 Å². The van der Waals surface area contributed by atoms with Gasteiger partial charge in [0, 0.05) is 13.0 Å². The third kappa shape index (κ3) is 2.44. The minimum absolute atomic E-state index is 0.0353. The Balaban J connectivity index is 2.45. The van der Waals surface area contributed by atoms with E-state index in [0.29, 0.717) is 34.7 Å². The lowest BCUT2D eigenvalue weighted by Gasteiger charge is -2.16. The summed E-state index contributed by atoms with van der Waals surface area (Å²) in [7, 11) is 0. The van der Waals surface area contributed by atoms with Gasteiger partial charge in [-0.25, -0.2) is 0 Å². The number of halogens is 1. The van der Waals surface area contributed by atoms with E-state index in [2.05, 4.69) is 15.9 Å². The van der Waals surface area contributed by atoms with Crippen molar-refractivity contribution in [1.29, 1.82) is 0 Å². The minimum Gasteiger partial charge on any atom is -0.490 e. The van der Waals surface area contributed by atoms with Crippen LogP contribution in [0, 0.1) is 0 Å². The molecule has 5 nitrogen and oxygen atoms in total. The molecule has 0 amide bonds. The number of carboxylic acids is 1. The van der Waals surface area contributed by atoms with E-state index in [9.17, 15) is 4.79 Å². The highest BCUT2D eigenvalue weighted by Gasteiger charge is 2.25. The first-order valence-corrected chi connectivity index (χ1v) is 6.45. The fraction of sp³-hybridized carbons (Fsp3) is 0.417. The lowest BCUT2D eigenvalue weighted by atomic mass is 9.99. The van der Waals surface area contributed by atoms with Crippen LogP contribution in [0.4, 0.5) is 0 Å². The first-order valence-electron chi connectivity index (χ1n) is 5.66. The van der Waals surface area contributed by atoms with Gasteiger partial charge in [-0.05, 0) is 27.6 Å². The van der Waals surface area contributed by atoms with Crippen molar-refractivity contribution < 1.29 is 19.4 Å². The van der Waals surface area contributed by atoms with Crippen LogP contribution in [0.25, 0.3) is 0 Å². The highest BCUT2D eigenvalue weighted by Crippen LogP contribution is 2.41. The van der Waals surface area contributed by atoms with E-state index >= 15 is 0 Å². The third-order valence-corrected chi connectivity index (χ3v) is 3.61. The fourth-order valence-corrected chi connectivity index (χ4v) is 2.57. The summed E-state index contributed by atoms with van der Waals surface area (Å²) >= 11 is 3.39. The van der Waals surface area contributed by atoms with E-state index < -0.39 is 11.9 Å². The van der Waals surface area contributed by atoms with Gasteiger partial charge in [-0.2, -0.15) is 0 Å². The number of carboxylic acid groups (broad SMARTS) is 1. The van der Waals surface area contributed by atoms with Crippen molar-refractivity contribution in [1.82, 2.24) is 0 Å². The molecule has 1 aromatic rings. The van der Waals surface area contributed by atoms with E-state index in [-0.39, 0.29) is 6.54 Å². The number of nitrogens with two attached hydrogens (primary N) is 1. The maximum Gasteiger partial charge on any atom is 0.312 e. The van der Waals surface area contributed by atoms with Crippen molar-refractivity contribution >= 4 is 21.9 Å². The first-order chi connectivity index (χ1) is 8.65. The molecule has 1 heterocycles. The second-order valence-corrected chi connectivity index (χ2v) is 4.77. The summed E-state index contributed by atoms with van der Waals surface area (Å²) in [5.41, 5.74) is 6.11. The van der Waals surface area contributed by atoms with Crippen molar-refractivity contribution in [3.05, 3.63) is 22.2 Å². The second kappa shape index (κ2) is 5.58. The number of hydrogen-bond donors (Lipinski definition) is 2. The summed E-state index contributed by atoms with van der Waals surface area (Å²) in [6.07, 6.45) is 0.801. The Kier molecular flexibility index (Phi) is 4.08. The van der Waals surface area contributed by atoms with Crippen LogP contribution in [-0.4, -0.2) is 30.8 Å². The largest absolute Gasteiger partial charge is 0.490 e. The summed E-state index contributed by atoms with van der Waals surface area (Å²) in [6.45, 7) is 1.18. The molecule has 1 atom stereocenters. The van der Waals surface area contributed by atoms with Crippen molar-refractivity contribution in [3.8, 4) is 11.5 Å². The molecule has 0 saturated carbocycles. The van der Waals surface area contributed by atoms with E-state index in [1.807, 2.05) is 0 Å². The Bertz CT molecular complexity index is 464. The minimum atomic E-state index is -0.951. The van der Waals surface area contributed by atoms with Gasteiger partial charge in [-0.1, -0.05) is 6.07 Å². The average Bonchev–Trinajstić information content (AvgIpc) is 2.58. The summed E-state index contributed by atoms with van der Waals surface area (Å²) < 4.78 is 11.7. The van der Waals surface area contributed by atoms with Gasteiger partial charge in [0.05, 0.1) is 23.6 Å². The van der Waals surface area contributed by atoms with Crippen LogP contribution in [0.1, 0.15) is 17.9 Å². The number of carbonyl (C=O) groups is 1. The Morgan fingerprint density at radius 1 is 1.44 bits per heavy atom. The highest BCUT2D eigenvalue weighted by atomic mass is 79.9. The molecule has 0 bridgehead atoms. The molecule has 1 aliphatic heterocycles. The third-order valence-electron chi connectivity index (χ3n) is 2.79. The van der Waals surface area contributed by atoms with Crippen molar-refractivity contribution in [3.63, 3.8) is 0 Å². The predicted molar refractivity (Wildman–Crippen MR) is 69.2 cm³/mol. The summed E-state index contributed by atoms with van der Waals surface area (Å²) in [5.74, 6) is -0.516. The average molecular weight is 316 g/mol. The molecule has 1 aliphatic rings. The summed E-state index contributed by atoms with van der Waals surface area (Å²) in [5, 5.41) is 9.14. The molecular formula is C12H14BrNO4. The standard InChI is InChI=1S/C12H14BrNO4/c13-10-7(8(6-14)12(15)16)2-3-9-11(10)18-5-1-4-17-9/h2-3,8H,1,4-6,14H2,(H,15,16). The summed E-state index contributed by atoms with van der Waals surface area (Å²) in [6, 6.07) is 3.44. The lowest BCUT2D eigenvalue weighted by Crippen LogP contribution is -2.21. The van der Waals surface area contributed by atoms with Crippen LogP contribution in [0.2, 0.25) is 0 Å². The zero-order chi connectivity index (χ0) is 13.1. The topological polar surface area (TPSA) is 81.8 Å². The van der Waals surface area contributed by atoms with Gasteiger partial charge in [-0.15, -0.1) is 0 Å². The maximum absolute atomic E-state index is 11.1. The second-order valence-electron chi connectivity index (χ2n) is 3.97.